The summed E-state index contributed by atoms with van der Waals surface area (Å²) in [6.07, 6.45) is 0. The first-order valence-electron chi connectivity index (χ1n) is 5.56. The van der Waals surface area contributed by atoms with Gasteiger partial charge in [0.1, 0.15) is 13.1 Å². The van der Waals surface area contributed by atoms with E-state index in [9.17, 15) is 0 Å². The van der Waals surface area contributed by atoms with E-state index in [2.05, 4.69) is 73.6 Å². The maximum absolute atomic E-state index is 3.57. The second-order valence-electron chi connectivity index (χ2n) is 3.88. The van der Waals surface area contributed by atoms with Crippen molar-refractivity contribution in [2.75, 3.05) is 0 Å². The minimum atomic E-state index is 0.989. The maximum Gasteiger partial charge on any atom is 0.103 e. The monoisotopic (exact) mass is 354 g/mol. The van der Waals surface area contributed by atoms with E-state index in [1.54, 1.807) is 0 Å². The summed E-state index contributed by atoms with van der Waals surface area (Å²) in [4.78, 5) is 0. The van der Waals surface area contributed by atoms with Crippen molar-refractivity contribution in [3.63, 3.8) is 0 Å². The van der Waals surface area contributed by atoms with Crippen LogP contribution < -0.4 is 5.32 Å². The van der Waals surface area contributed by atoms with Crippen molar-refractivity contribution in [1.82, 2.24) is 0 Å². The predicted molar refractivity (Wildman–Crippen MR) is 77.6 cm³/mol. The van der Waals surface area contributed by atoms with E-state index in [0.29, 0.717) is 0 Å². The SMILES string of the molecule is Brc1ccccc1C[NH2+]Cc1ccccc1Br. The van der Waals surface area contributed by atoms with E-state index in [0.717, 1.165) is 13.1 Å². The molecule has 17 heavy (non-hydrogen) atoms. The largest absolute Gasteiger partial charge is 0.339 e. The van der Waals surface area contributed by atoms with Crippen molar-refractivity contribution >= 4 is 31.9 Å². The van der Waals surface area contributed by atoms with E-state index in [4.69, 9.17) is 0 Å². The van der Waals surface area contributed by atoms with Gasteiger partial charge in [-0.15, -0.1) is 0 Å². The van der Waals surface area contributed by atoms with Gasteiger partial charge in [0, 0.05) is 20.1 Å². The Morgan fingerprint density at radius 2 is 1.12 bits per heavy atom. The number of hydrogen-bond acceptors (Lipinski definition) is 0. The van der Waals surface area contributed by atoms with E-state index in [-0.39, 0.29) is 0 Å². The van der Waals surface area contributed by atoms with Crippen molar-refractivity contribution in [2.24, 2.45) is 0 Å². The number of rotatable bonds is 4. The van der Waals surface area contributed by atoms with Crippen molar-refractivity contribution in [3.8, 4) is 0 Å². The molecule has 2 rings (SSSR count). The van der Waals surface area contributed by atoms with Crippen LogP contribution in [0.5, 0.6) is 0 Å². The average molecular weight is 356 g/mol. The third-order valence-electron chi connectivity index (χ3n) is 2.64. The van der Waals surface area contributed by atoms with Crippen molar-refractivity contribution in [3.05, 3.63) is 68.6 Å². The van der Waals surface area contributed by atoms with Gasteiger partial charge in [-0.3, -0.25) is 0 Å². The van der Waals surface area contributed by atoms with Gasteiger partial charge in [0.15, 0.2) is 0 Å². The molecule has 0 bridgehead atoms. The molecular formula is C14H14Br2N+. The Bertz CT molecular complexity index is 452. The minimum absolute atomic E-state index is 0.989. The molecule has 2 aromatic rings. The lowest BCUT2D eigenvalue weighted by molar-refractivity contribution is -0.686. The fourth-order valence-corrected chi connectivity index (χ4v) is 2.60. The Kier molecular flexibility index (Phi) is 4.77. The molecular weight excluding hydrogens is 342 g/mol. The molecule has 0 heterocycles. The van der Waals surface area contributed by atoms with E-state index < -0.39 is 0 Å². The molecule has 0 aromatic heterocycles. The molecule has 2 N–H and O–H groups in total. The molecule has 1 nitrogen and oxygen atoms in total. The highest BCUT2D eigenvalue weighted by Crippen LogP contribution is 2.15. The van der Waals surface area contributed by atoms with Crippen LogP contribution in [0.15, 0.2) is 57.5 Å². The van der Waals surface area contributed by atoms with Crippen molar-refractivity contribution in [2.45, 2.75) is 13.1 Å². The van der Waals surface area contributed by atoms with E-state index in [1.807, 2.05) is 12.1 Å². The summed E-state index contributed by atoms with van der Waals surface area (Å²) in [7, 11) is 0. The van der Waals surface area contributed by atoms with Crippen LogP contribution in [0.1, 0.15) is 11.1 Å². The summed E-state index contributed by atoms with van der Waals surface area (Å²) in [5.74, 6) is 0. The predicted octanol–water partition coefficient (Wildman–Crippen LogP) is 3.48. The number of benzene rings is 2. The molecule has 0 aliphatic rings. The van der Waals surface area contributed by atoms with Gasteiger partial charge in [-0.2, -0.15) is 0 Å². The zero-order chi connectivity index (χ0) is 12.1. The molecule has 0 aliphatic heterocycles. The van der Waals surface area contributed by atoms with E-state index in [1.165, 1.54) is 20.1 Å². The minimum Gasteiger partial charge on any atom is -0.339 e. The lowest BCUT2D eigenvalue weighted by Crippen LogP contribution is -2.80. The number of quaternary nitrogens is 1. The van der Waals surface area contributed by atoms with Gasteiger partial charge in [0.05, 0.1) is 0 Å². The third kappa shape index (κ3) is 3.66. The fourth-order valence-electron chi connectivity index (χ4n) is 1.71. The van der Waals surface area contributed by atoms with Gasteiger partial charge in [0.25, 0.3) is 0 Å². The quantitative estimate of drug-likeness (QED) is 0.864. The van der Waals surface area contributed by atoms with Crippen LogP contribution >= 0.6 is 31.9 Å². The number of hydrogen-bond donors (Lipinski definition) is 1. The second kappa shape index (κ2) is 6.34. The summed E-state index contributed by atoms with van der Waals surface area (Å²) in [5, 5.41) is 2.31. The third-order valence-corrected chi connectivity index (χ3v) is 4.19. The Labute approximate surface area is 119 Å². The molecule has 0 atom stereocenters. The van der Waals surface area contributed by atoms with Gasteiger partial charge in [0.2, 0.25) is 0 Å². The number of nitrogens with two attached hydrogens (primary N) is 1. The highest BCUT2D eigenvalue weighted by Gasteiger charge is 2.03. The molecule has 0 radical (unpaired) electrons. The molecule has 2 aromatic carbocycles. The van der Waals surface area contributed by atoms with Crippen molar-refractivity contribution < 1.29 is 5.32 Å². The second-order valence-corrected chi connectivity index (χ2v) is 5.59. The molecule has 0 saturated carbocycles. The first kappa shape index (κ1) is 12.8. The summed E-state index contributed by atoms with van der Waals surface area (Å²) in [5.41, 5.74) is 2.67. The normalized spacial score (nSPS) is 10.5. The van der Waals surface area contributed by atoms with Gasteiger partial charge < -0.3 is 5.32 Å². The molecule has 3 heteroatoms. The van der Waals surface area contributed by atoms with Crippen LogP contribution in [0, 0.1) is 0 Å². The van der Waals surface area contributed by atoms with E-state index >= 15 is 0 Å². The highest BCUT2D eigenvalue weighted by atomic mass is 79.9. The van der Waals surface area contributed by atoms with Crippen LogP contribution in [0.4, 0.5) is 0 Å². The van der Waals surface area contributed by atoms with Crippen LogP contribution in [0.3, 0.4) is 0 Å². The van der Waals surface area contributed by atoms with Crippen LogP contribution in [0.2, 0.25) is 0 Å². The smallest absolute Gasteiger partial charge is 0.103 e. The summed E-state index contributed by atoms with van der Waals surface area (Å²) >= 11 is 7.14. The topological polar surface area (TPSA) is 16.6 Å². The Balaban J connectivity index is 1.93. The van der Waals surface area contributed by atoms with Crippen LogP contribution in [0.25, 0.3) is 0 Å². The standard InChI is InChI=1S/C14H13Br2N/c15-13-7-3-1-5-11(13)9-17-10-12-6-2-4-8-14(12)16/h1-8,17H,9-10H2/p+1. The lowest BCUT2D eigenvalue weighted by atomic mass is 10.2. The highest BCUT2D eigenvalue weighted by molar-refractivity contribution is 9.10. The first-order valence-corrected chi connectivity index (χ1v) is 7.14. The molecule has 0 spiro atoms. The molecule has 0 fully saturated rings. The average Bonchev–Trinajstić information content (AvgIpc) is 2.34. The van der Waals surface area contributed by atoms with Crippen molar-refractivity contribution in [1.29, 1.82) is 0 Å². The Morgan fingerprint density at radius 1 is 0.706 bits per heavy atom. The zero-order valence-corrected chi connectivity index (χ0v) is 12.5. The lowest BCUT2D eigenvalue weighted by Gasteiger charge is -2.05. The number of halogens is 2. The van der Waals surface area contributed by atoms with Gasteiger partial charge in [-0.05, 0) is 12.1 Å². The van der Waals surface area contributed by atoms with Gasteiger partial charge in [-0.25, -0.2) is 0 Å². The molecule has 0 amide bonds. The zero-order valence-electron chi connectivity index (χ0n) is 9.37. The Morgan fingerprint density at radius 3 is 1.53 bits per heavy atom. The van der Waals surface area contributed by atoms with Crippen LogP contribution in [-0.4, -0.2) is 0 Å². The van der Waals surface area contributed by atoms with Crippen LogP contribution in [-0.2, 0) is 13.1 Å². The van der Waals surface area contributed by atoms with Gasteiger partial charge >= 0.3 is 0 Å². The first-order chi connectivity index (χ1) is 8.27. The summed E-state index contributed by atoms with van der Waals surface area (Å²) in [6.45, 7) is 1.98. The molecule has 0 saturated heterocycles. The summed E-state index contributed by atoms with van der Waals surface area (Å²) in [6, 6.07) is 16.7. The molecule has 88 valence electrons. The maximum atomic E-state index is 3.57. The van der Waals surface area contributed by atoms with Gasteiger partial charge in [-0.1, -0.05) is 68.3 Å². The summed E-state index contributed by atoms with van der Waals surface area (Å²) < 4.78 is 2.37. The molecule has 0 unspecified atom stereocenters. The Hall–Kier alpha value is -0.640. The molecule has 0 aliphatic carbocycles. The fraction of sp³-hybridized carbons (Fsp3) is 0.143.